The monoisotopic (exact) mass is 540 g/mol. The molecule has 0 radical (unpaired) electrons. The van der Waals surface area contributed by atoms with Gasteiger partial charge in [-0.2, -0.15) is 0 Å². The second kappa shape index (κ2) is 14.1. The Morgan fingerprint density at radius 2 is 1.54 bits per heavy atom. The quantitative estimate of drug-likeness (QED) is 0.184. The minimum absolute atomic E-state index is 0.0119. The molecule has 0 aliphatic rings. The highest BCUT2D eigenvalue weighted by Crippen LogP contribution is 2.54. The van der Waals surface area contributed by atoms with E-state index in [9.17, 15) is 19.3 Å². The number of nitrogens with zero attached hydrogens (tertiary/aromatic N) is 2. The molecule has 2 rings (SSSR count). The molecule has 0 bridgehead atoms. The van der Waals surface area contributed by atoms with E-state index < -0.39 is 31.2 Å². The first kappa shape index (κ1) is 30.2. The van der Waals surface area contributed by atoms with Gasteiger partial charge in [0.05, 0.1) is 26.9 Å². The second-order valence-corrected chi connectivity index (χ2v) is 9.83. The van der Waals surface area contributed by atoms with E-state index in [2.05, 4.69) is 0 Å². The van der Waals surface area contributed by atoms with Crippen LogP contribution in [-0.2, 0) is 18.3 Å². The van der Waals surface area contributed by atoms with Gasteiger partial charge in [0.25, 0.3) is 5.91 Å². The lowest BCUT2D eigenvalue weighted by Gasteiger charge is -2.20. The van der Waals surface area contributed by atoms with Crippen LogP contribution in [0.2, 0.25) is 0 Å². The van der Waals surface area contributed by atoms with Crippen molar-refractivity contribution < 1.29 is 42.3 Å². The molecule has 0 aliphatic carbocycles. The van der Waals surface area contributed by atoms with E-state index in [1.54, 1.807) is 31.2 Å². The number of aromatic nitrogens is 1. The SMILES string of the molecule is CCCCOP(=O)(OCCCC)Oc1c(O)c(C(=O)OCC)n(-c2ccc(OC)cc2)c1C(=O)N(C)C. The van der Waals surface area contributed by atoms with Crippen LogP contribution in [-0.4, -0.2) is 67.5 Å². The smallest absolute Gasteiger partial charge is 0.503 e. The minimum Gasteiger partial charge on any atom is -0.503 e. The van der Waals surface area contributed by atoms with Crippen LogP contribution in [0.25, 0.3) is 5.69 Å². The molecule has 12 heteroatoms. The van der Waals surface area contributed by atoms with Crippen molar-refractivity contribution >= 4 is 19.7 Å². The molecule has 1 amide bonds. The number of ether oxygens (including phenoxy) is 2. The lowest BCUT2D eigenvalue weighted by molar-refractivity contribution is 0.0513. The first-order chi connectivity index (χ1) is 17.6. The van der Waals surface area contributed by atoms with Crippen molar-refractivity contribution in [1.29, 1.82) is 0 Å². The maximum Gasteiger partial charge on any atom is 0.530 e. The fraction of sp³-hybridized carbons (Fsp3) is 0.520. The highest BCUT2D eigenvalue weighted by Gasteiger charge is 2.39. The Hall–Kier alpha value is -3.01. The molecule has 11 nitrogen and oxygen atoms in total. The zero-order chi connectivity index (χ0) is 27.6. The summed E-state index contributed by atoms with van der Waals surface area (Å²) in [7, 11) is 0.192. The Morgan fingerprint density at radius 3 is 2.00 bits per heavy atom. The number of amides is 1. The molecule has 0 unspecified atom stereocenters. The van der Waals surface area contributed by atoms with Gasteiger partial charge in [0.1, 0.15) is 5.75 Å². The van der Waals surface area contributed by atoms with Crippen molar-refractivity contribution in [3.8, 4) is 22.9 Å². The van der Waals surface area contributed by atoms with Gasteiger partial charge in [-0.1, -0.05) is 26.7 Å². The minimum atomic E-state index is -4.30. The van der Waals surface area contributed by atoms with Gasteiger partial charge >= 0.3 is 13.8 Å². The molecule has 0 fully saturated rings. The van der Waals surface area contributed by atoms with Crippen LogP contribution in [0.15, 0.2) is 24.3 Å². The number of hydrogen-bond donors (Lipinski definition) is 1. The first-order valence-corrected chi connectivity index (χ1v) is 13.7. The van der Waals surface area contributed by atoms with E-state index in [0.717, 1.165) is 12.8 Å². The number of unbranched alkanes of at least 4 members (excludes halogenated alkanes) is 2. The maximum absolute atomic E-state index is 13.6. The molecule has 1 aromatic carbocycles. The Balaban J connectivity index is 2.79. The van der Waals surface area contributed by atoms with Crippen molar-refractivity contribution in [3.05, 3.63) is 35.7 Å². The molecule has 0 aliphatic heterocycles. The van der Waals surface area contributed by atoms with E-state index in [0.29, 0.717) is 24.3 Å². The molecule has 0 spiro atoms. The van der Waals surface area contributed by atoms with Crippen molar-refractivity contribution in [2.75, 3.05) is 41.0 Å². The van der Waals surface area contributed by atoms with Crippen molar-refractivity contribution in [1.82, 2.24) is 9.47 Å². The van der Waals surface area contributed by atoms with Gasteiger partial charge in [0.15, 0.2) is 17.1 Å². The van der Waals surface area contributed by atoms with Crippen LogP contribution in [0.1, 0.15) is 67.4 Å². The lowest BCUT2D eigenvalue weighted by Crippen LogP contribution is -2.26. The fourth-order valence-electron chi connectivity index (χ4n) is 3.25. The summed E-state index contributed by atoms with van der Waals surface area (Å²) >= 11 is 0. The largest absolute Gasteiger partial charge is 0.530 e. The number of hydrogen-bond acceptors (Lipinski definition) is 9. The summed E-state index contributed by atoms with van der Waals surface area (Å²) in [6.07, 6.45) is 2.71. The summed E-state index contributed by atoms with van der Waals surface area (Å²) in [6.45, 7) is 5.64. The number of esters is 1. The van der Waals surface area contributed by atoms with E-state index in [1.165, 1.54) is 30.7 Å². The number of phosphoric ester groups is 1. The number of carbonyl (C=O) groups excluding carboxylic acids is 2. The number of phosphoric acid groups is 1. The predicted octanol–water partition coefficient (Wildman–Crippen LogP) is 5.19. The molecule has 0 saturated heterocycles. The molecule has 1 N–H and O–H groups in total. The van der Waals surface area contributed by atoms with Gasteiger partial charge < -0.3 is 24.0 Å². The Morgan fingerprint density at radius 1 is 0.973 bits per heavy atom. The standard InChI is InChI=1S/C25H37N2O9P/c1-7-10-16-34-37(31,35-17-11-8-2)36-23-21(24(29)26(4)5)27(18-12-14-19(32-6)15-13-18)20(22(23)28)25(30)33-9-3/h12-15,28H,7-11,16-17H2,1-6H3. The van der Waals surface area contributed by atoms with E-state index in [-0.39, 0.29) is 31.2 Å². The van der Waals surface area contributed by atoms with Gasteiger partial charge in [0, 0.05) is 19.8 Å². The molecular weight excluding hydrogens is 503 g/mol. The zero-order valence-electron chi connectivity index (χ0n) is 22.3. The third-order valence-electron chi connectivity index (χ3n) is 5.21. The summed E-state index contributed by atoms with van der Waals surface area (Å²) in [5.41, 5.74) is -0.303. The first-order valence-electron chi connectivity index (χ1n) is 12.2. The average Bonchev–Trinajstić information content (AvgIpc) is 3.15. The van der Waals surface area contributed by atoms with Crippen LogP contribution in [0, 0.1) is 0 Å². The third-order valence-corrected chi connectivity index (χ3v) is 6.61. The van der Waals surface area contributed by atoms with Crippen LogP contribution in [0.3, 0.4) is 0 Å². The predicted molar refractivity (Wildman–Crippen MR) is 138 cm³/mol. The molecule has 37 heavy (non-hydrogen) atoms. The third kappa shape index (κ3) is 7.50. The summed E-state index contributed by atoms with van der Waals surface area (Å²) in [6, 6.07) is 6.43. The number of methoxy groups -OCH3 is 1. The van der Waals surface area contributed by atoms with Crippen LogP contribution in [0.5, 0.6) is 17.2 Å². The molecule has 0 saturated carbocycles. The van der Waals surface area contributed by atoms with Gasteiger partial charge in [-0.15, -0.1) is 0 Å². The maximum atomic E-state index is 13.6. The molecule has 2 aromatic rings. The fourth-order valence-corrected chi connectivity index (χ4v) is 4.53. The Labute approximate surface area is 217 Å². The molecule has 0 atom stereocenters. The van der Waals surface area contributed by atoms with Gasteiger partial charge in [-0.05, 0) is 44.0 Å². The highest BCUT2D eigenvalue weighted by molar-refractivity contribution is 7.48. The summed E-state index contributed by atoms with van der Waals surface area (Å²) in [4.78, 5) is 27.6. The lowest BCUT2D eigenvalue weighted by atomic mass is 10.2. The van der Waals surface area contributed by atoms with Crippen molar-refractivity contribution in [2.24, 2.45) is 0 Å². The second-order valence-electron chi connectivity index (χ2n) is 8.24. The molecule has 1 aromatic heterocycles. The van der Waals surface area contributed by atoms with E-state index in [4.69, 9.17) is 23.0 Å². The number of carbonyl (C=O) groups is 2. The Bertz CT molecular complexity index is 1080. The van der Waals surface area contributed by atoms with E-state index in [1.807, 2.05) is 13.8 Å². The van der Waals surface area contributed by atoms with Crippen LogP contribution < -0.4 is 9.26 Å². The van der Waals surface area contributed by atoms with Crippen molar-refractivity contribution in [3.63, 3.8) is 0 Å². The number of aromatic hydroxyl groups is 1. The van der Waals surface area contributed by atoms with E-state index >= 15 is 0 Å². The van der Waals surface area contributed by atoms with Crippen LogP contribution >= 0.6 is 7.82 Å². The molecule has 206 valence electrons. The summed E-state index contributed by atoms with van der Waals surface area (Å²) in [5.74, 6) is -2.24. The Kier molecular flexibility index (Phi) is 11.5. The number of rotatable bonds is 15. The van der Waals surface area contributed by atoms with Gasteiger partial charge in [0.2, 0.25) is 5.75 Å². The average molecular weight is 541 g/mol. The normalized spacial score (nSPS) is 11.3. The highest BCUT2D eigenvalue weighted by atomic mass is 31.2. The number of benzene rings is 1. The molecule has 1 heterocycles. The molecular formula is C25H37N2O9P. The topological polar surface area (TPSA) is 126 Å². The van der Waals surface area contributed by atoms with Gasteiger partial charge in [-0.3, -0.25) is 18.4 Å². The van der Waals surface area contributed by atoms with Crippen LogP contribution in [0.4, 0.5) is 0 Å². The zero-order valence-corrected chi connectivity index (χ0v) is 23.2. The summed E-state index contributed by atoms with van der Waals surface area (Å²) < 4.78 is 41.9. The summed E-state index contributed by atoms with van der Waals surface area (Å²) in [5, 5.41) is 11.2. The van der Waals surface area contributed by atoms with Gasteiger partial charge in [-0.25, -0.2) is 9.36 Å². The van der Waals surface area contributed by atoms with Crippen molar-refractivity contribution in [2.45, 2.75) is 46.5 Å².